The van der Waals surface area contributed by atoms with Crippen LogP contribution in [0, 0.1) is 0 Å². The van der Waals surface area contributed by atoms with Crippen molar-refractivity contribution in [1.29, 1.82) is 0 Å². The average molecular weight is 719 g/mol. The van der Waals surface area contributed by atoms with Gasteiger partial charge in [0.1, 0.15) is 0 Å². The first-order valence-electron chi connectivity index (χ1n) is 19.6. The molecule has 0 radical (unpaired) electrons. The van der Waals surface area contributed by atoms with Crippen molar-refractivity contribution in [3.8, 4) is 56.4 Å². The first-order valence-corrected chi connectivity index (χ1v) is 19.6. The summed E-state index contributed by atoms with van der Waals surface area (Å²) in [6.45, 7) is 0. The Morgan fingerprint density at radius 1 is 0.393 bits per heavy atom. The molecule has 0 saturated carbocycles. The number of hydrogen-bond donors (Lipinski definition) is 0. The molecular formula is C52H38N4. The molecule has 3 heterocycles. The van der Waals surface area contributed by atoms with E-state index in [1.807, 2.05) is 6.07 Å². The maximum absolute atomic E-state index is 5.35. The molecule has 0 aliphatic heterocycles. The standard InChI is InChI=1S/C52H38N4/c1-3-15-35(16-4-1)36-27-29-37(30-28-36)46-34-47(54-52(53-46)38-17-5-2-6-18-38)39-31-40(55-48-23-11-7-19-42(48)43-20-8-12-24-49(43)55)33-41(32-39)56-50-25-13-9-21-44(50)45-22-10-14-26-51(45)56/h1-7,9,11-19,21,23-34H,8,10,20,22H2. The third-order valence-corrected chi connectivity index (χ3v) is 11.5. The molecule has 0 spiro atoms. The van der Waals surface area contributed by atoms with Crippen LogP contribution in [0.15, 0.2) is 170 Å². The molecule has 2 aliphatic rings. The number of para-hydroxylation sites is 2. The maximum atomic E-state index is 5.35. The lowest BCUT2D eigenvalue weighted by Crippen LogP contribution is -2.05. The Balaban J connectivity index is 1.17. The predicted octanol–water partition coefficient (Wildman–Crippen LogP) is 13.0. The Hall–Kier alpha value is -7.04. The first kappa shape index (κ1) is 32.4. The molecule has 9 aromatic rings. The summed E-state index contributed by atoms with van der Waals surface area (Å²) in [5.41, 5.74) is 17.2. The third kappa shape index (κ3) is 5.45. The van der Waals surface area contributed by atoms with Gasteiger partial charge in [0.05, 0.1) is 22.4 Å². The van der Waals surface area contributed by atoms with Crippen LogP contribution in [0.25, 0.3) is 90.4 Å². The van der Waals surface area contributed by atoms with E-state index in [-0.39, 0.29) is 0 Å². The molecule has 0 fully saturated rings. The molecule has 0 amide bonds. The quantitative estimate of drug-likeness (QED) is 0.172. The second-order valence-corrected chi connectivity index (χ2v) is 14.8. The minimum absolute atomic E-state index is 0.704. The molecule has 266 valence electrons. The Morgan fingerprint density at radius 2 is 0.857 bits per heavy atom. The number of nitrogens with zero attached hydrogens (tertiary/aromatic N) is 4. The fraction of sp³-hybridized carbons (Fsp3) is 0.0769. The van der Waals surface area contributed by atoms with Crippen molar-refractivity contribution >= 4 is 34.0 Å². The van der Waals surface area contributed by atoms with Gasteiger partial charge in [0.15, 0.2) is 5.82 Å². The van der Waals surface area contributed by atoms with E-state index in [1.165, 1.54) is 55.4 Å². The first-order chi connectivity index (χ1) is 27.8. The van der Waals surface area contributed by atoms with Crippen molar-refractivity contribution in [1.82, 2.24) is 19.1 Å². The van der Waals surface area contributed by atoms with Crippen LogP contribution in [0.4, 0.5) is 0 Å². The van der Waals surface area contributed by atoms with Crippen LogP contribution in [0.2, 0.25) is 0 Å². The molecule has 0 saturated heterocycles. The van der Waals surface area contributed by atoms with Gasteiger partial charge in [0.25, 0.3) is 0 Å². The van der Waals surface area contributed by atoms with Gasteiger partial charge < -0.3 is 9.13 Å². The van der Waals surface area contributed by atoms with Crippen molar-refractivity contribution in [2.45, 2.75) is 25.7 Å². The minimum Gasteiger partial charge on any atom is -0.309 e. The van der Waals surface area contributed by atoms with Crippen LogP contribution in [0.3, 0.4) is 0 Å². The minimum atomic E-state index is 0.704. The third-order valence-electron chi connectivity index (χ3n) is 11.5. The normalized spacial score (nSPS) is 13.3. The van der Waals surface area contributed by atoms with Crippen LogP contribution in [0.1, 0.15) is 35.4 Å². The lowest BCUT2D eigenvalue weighted by atomic mass is 10.0. The highest BCUT2D eigenvalue weighted by Crippen LogP contribution is 2.40. The number of benzene rings is 6. The topological polar surface area (TPSA) is 35.6 Å². The van der Waals surface area contributed by atoms with E-state index in [0.29, 0.717) is 5.82 Å². The summed E-state index contributed by atoms with van der Waals surface area (Å²) in [5.74, 6) is 0.704. The second-order valence-electron chi connectivity index (χ2n) is 14.8. The second kappa shape index (κ2) is 13.4. The fourth-order valence-electron chi connectivity index (χ4n) is 8.85. The van der Waals surface area contributed by atoms with Gasteiger partial charge in [-0.05, 0) is 96.5 Å². The Kier molecular flexibility index (Phi) is 7.73. The van der Waals surface area contributed by atoms with Crippen LogP contribution in [-0.2, 0) is 12.8 Å². The van der Waals surface area contributed by atoms with E-state index < -0.39 is 0 Å². The van der Waals surface area contributed by atoms with Gasteiger partial charge in [-0.2, -0.15) is 0 Å². The summed E-state index contributed by atoms with van der Waals surface area (Å²) >= 11 is 0. The zero-order valence-electron chi connectivity index (χ0n) is 30.9. The highest BCUT2D eigenvalue weighted by atomic mass is 15.0. The molecule has 0 unspecified atom stereocenters. The Bertz CT molecular complexity index is 2880. The fourth-order valence-corrected chi connectivity index (χ4v) is 8.85. The van der Waals surface area contributed by atoms with Crippen molar-refractivity contribution in [2.24, 2.45) is 0 Å². The molecule has 4 nitrogen and oxygen atoms in total. The van der Waals surface area contributed by atoms with E-state index in [0.717, 1.165) is 65.1 Å². The smallest absolute Gasteiger partial charge is 0.160 e. The number of allylic oxidation sites excluding steroid dienone is 2. The monoisotopic (exact) mass is 718 g/mol. The van der Waals surface area contributed by atoms with Crippen molar-refractivity contribution in [2.75, 3.05) is 0 Å². The predicted molar refractivity (Wildman–Crippen MR) is 232 cm³/mol. The lowest BCUT2D eigenvalue weighted by molar-refractivity contribution is 0.959. The molecule has 4 heteroatoms. The number of aromatic nitrogens is 4. The number of rotatable bonds is 6. The van der Waals surface area contributed by atoms with Crippen molar-refractivity contribution in [3.05, 3.63) is 192 Å². The van der Waals surface area contributed by atoms with E-state index in [4.69, 9.17) is 9.97 Å². The Morgan fingerprint density at radius 3 is 1.43 bits per heavy atom. The zero-order chi connectivity index (χ0) is 37.0. The molecule has 0 bridgehead atoms. The molecule has 11 rings (SSSR count). The summed E-state index contributed by atoms with van der Waals surface area (Å²) < 4.78 is 4.92. The molecule has 0 atom stereocenters. The zero-order valence-corrected chi connectivity index (χ0v) is 30.9. The number of fused-ring (bicyclic) bond motifs is 6. The molecule has 2 aliphatic carbocycles. The molecule has 0 N–H and O–H groups in total. The summed E-state index contributed by atoms with van der Waals surface area (Å²) in [4.78, 5) is 10.6. The highest BCUT2D eigenvalue weighted by Gasteiger charge is 2.23. The molecule has 56 heavy (non-hydrogen) atoms. The summed E-state index contributed by atoms with van der Waals surface area (Å²) in [6, 6.07) is 56.5. The Labute approximate surface area is 326 Å². The summed E-state index contributed by atoms with van der Waals surface area (Å²) in [7, 11) is 0. The van der Waals surface area contributed by atoms with E-state index >= 15 is 0 Å². The number of hydrogen-bond acceptors (Lipinski definition) is 2. The summed E-state index contributed by atoms with van der Waals surface area (Å²) in [6.07, 6.45) is 13.4. The van der Waals surface area contributed by atoms with Gasteiger partial charge in [-0.1, -0.05) is 133 Å². The number of aryl methyl sites for hydroxylation is 2. The van der Waals surface area contributed by atoms with Gasteiger partial charge in [-0.15, -0.1) is 0 Å². The van der Waals surface area contributed by atoms with Gasteiger partial charge in [-0.3, -0.25) is 0 Å². The lowest BCUT2D eigenvalue weighted by Gasteiger charge is -2.18. The van der Waals surface area contributed by atoms with Gasteiger partial charge in [0, 0.05) is 50.2 Å². The summed E-state index contributed by atoms with van der Waals surface area (Å²) in [5, 5.41) is 2.64. The van der Waals surface area contributed by atoms with Crippen LogP contribution >= 0.6 is 0 Å². The van der Waals surface area contributed by atoms with Gasteiger partial charge >= 0.3 is 0 Å². The van der Waals surface area contributed by atoms with Crippen LogP contribution in [-0.4, -0.2) is 19.1 Å². The maximum Gasteiger partial charge on any atom is 0.160 e. The van der Waals surface area contributed by atoms with Crippen molar-refractivity contribution < 1.29 is 0 Å². The van der Waals surface area contributed by atoms with E-state index in [1.54, 1.807) is 0 Å². The molecule has 6 aromatic carbocycles. The molecule has 3 aromatic heterocycles. The average Bonchev–Trinajstić information content (AvgIpc) is 3.80. The van der Waals surface area contributed by atoms with Crippen LogP contribution in [0.5, 0.6) is 0 Å². The van der Waals surface area contributed by atoms with E-state index in [2.05, 4.69) is 185 Å². The largest absolute Gasteiger partial charge is 0.309 e. The van der Waals surface area contributed by atoms with Gasteiger partial charge in [0.2, 0.25) is 0 Å². The van der Waals surface area contributed by atoms with Crippen molar-refractivity contribution in [3.63, 3.8) is 0 Å². The molecular weight excluding hydrogens is 681 g/mol. The highest BCUT2D eigenvalue weighted by molar-refractivity contribution is 5.93. The van der Waals surface area contributed by atoms with Gasteiger partial charge in [-0.25, -0.2) is 9.97 Å². The van der Waals surface area contributed by atoms with Crippen LogP contribution < -0.4 is 0 Å². The SMILES string of the molecule is C1=Cc2c(c3ccccc3n2-c2cc(-c3cc(-c4ccc(-c5ccccc5)cc4)nc(-c4ccccc4)n3)cc(-n3c4c(c5ccccc53)CCC=C4)c2)CC1. The van der Waals surface area contributed by atoms with E-state index in [9.17, 15) is 0 Å².